The number of anilines is 3. The molecule has 21 heavy (non-hydrogen) atoms. The monoisotopic (exact) mass is 282 g/mol. The number of nitrogens with zero attached hydrogens (tertiary/aromatic N) is 3. The lowest BCUT2D eigenvalue weighted by atomic mass is 10.1. The van der Waals surface area contributed by atoms with E-state index in [1.165, 1.54) is 16.9 Å². The van der Waals surface area contributed by atoms with Crippen molar-refractivity contribution in [1.29, 1.82) is 0 Å². The summed E-state index contributed by atoms with van der Waals surface area (Å²) < 4.78 is 0. The zero-order valence-electron chi connectivity index (χ0n) is 12.9. The Morgan fingerprint density at radius 2 is 1.81 bits per heavy atom. The van der Waals surface area contributed by atoms with Crippen LogP contribution in [-0.2, 0) is 6.54 Å². The largest absolute Gasteiger partial charge is 0.371 e. The molecule has 0 radical (unpaired) electrons. The summed E-state index contributed by atoms with van der Waals surface area (Å²) in [6.07, 6.45) is 0. The number of pyridine rings is 1. The number of hydrogen-bond acceptors (Lipinski definition) is 4. The minimum atomic E-state index is 0.797. The molecule has 0 unspecified atom stereocenters. The van der Waals surface area contributed by atoms with E-state index in [9.17, 15) is 0 Å². The lowest BCUT2D eigenvalue weighted by Crippen LogP contribution is -2.37. The fraction of sp³-hybridized carbons (Fsp3) is 0.353. The first-order valence-corrected chi connectivity index (χ1v) is 7.37. The molecule has 0 saturated heterocycles. The van der Waals surface area contributed by atoms with Gasteiger partial charge in [-0.15, -0.1) is 0 Å². The summed E-state index contributed by atoms with van der Waals surface area (Å²) in [6.45, 7) is 4.97. The van der Waals surface area contributed by atoms with Crippen molar-refractivity contribution in [3.05, 3.63) is 47.7 Å². The zero-order valence-corrected chi connectivity index (χ0v) is 12.9. The number of nitrogens with one attached hydrogen (secondary N) is 1. The molecule has 1 aromatic heterocycles. The average Bonchev–Trinajstić information content (AvgIpc) is 2.50. The van der Waals surface area contributed by atoms with Crippen molar-refractivity contribution in [2.75, 3.05) is 42.3 Å². The Morgan fingerprint density at radius 3 is 2.57 bits per heavy atom. The molecule has 0 atom stereocenters. The van der Waals surface area contributed by atoms with Crippen LogP contribution in [-0.4, -0.2) is 32.2 Å². The van der Waals surface area contributed by atoms with Crippen LogP contribution < -0.4 is 15.1 Å². The smallest absolute Gasteiger partial charge is 0.128 e. The molecule has 0 bridgehead atoms. The number of rotatable bonds is 3. The Morgan fingerprint density at radius 1 is 1.10 bits per heavy atom. The van der Waals surface area contributed by atoms with Crippen molar-refractivity contribution >= 4 is 17.2 Å². The Labute approximate surface area is 126 Å². The Balaban J connectivity index is 1.84. The predicted molar refractivity (Wildman–Crippen MR) is 89.3 cm³/mol. The Kier molecular flexibility index (Phi) is 3.69. The van der Waals surface area contributed by atoms with Gasteiger partial charge in [0.2, 0.25) is 0 Å². The topological polar surface area (TPSA) is 31.4 Å². The van der Waals surface area contributed by atoms with E-state index in [4.69, 9.17) is 4.98 Å². The molecule has 0 spiro atoms. The molecular weight excluding hydrogens is 260 g/mol. The maximum absolute atomic E-state index is 4.71. The van der Waals surface area contributed by atoms with Gasteiger partial charge in [0, 0.05) is 39.8 Å². The molecule has 1 aromatic carbocycles. The van der Waals surface area contributed by atoms with Crippen molar-refractivity contribution in [2.24, 2.45) is 0 Å². The number of fused-ring (bicyclic) bond motifs is 1. The van der Waals surface area contributed by atoms with Crippen LogP contribution in [0, 0.1) is 6.92 Å². The van der Waals surface area contributed by atoms with Crippen molar-refractivity contribution in [1.82, 2.24) is 4.98 Å². The van der Waals surface area contributed by atoms with E-state index in [-0.39, 0.29) is 0 Å². The van der Waals surface area contributed by atoms with E-state index in [2.05, 4.69) is 66.5 Å². The molecule has 1 aliphatic rings. The lowest BCUT2D eigenvalue weighted by molar-refractivity contribution is 0.789. The number of likely N-dealkylation sites (N-methyl/N-ethyl adjacent to an activating group) is 2. The van der Waals surface area contributed by atoms with Gasteiger partial charge in [-0.25, -0.2) is 4.98 Å². The van der Waals surface area contributed by atoms with Gasteiger partial charge in [0.1, 0.15) is 5.82 Å². The van der Waals surface area contributed by atoms with Crippen LogP contribution in [0.3, 0.4) is 0 Å². The van der Waals surface area contributed by atoms with Crippen molar-refractivity contribution in [3.8, 4) is 0 Å². The summed E-state index contributed by atoms with van der Waals surface area (Å²) in [4.78, 5) is 9.30. The molecule has 0 aliphatic carbocycles. The van der Waals surface area contributed by atoms with Crippen molar-refractivity contribution in [3.63, 3.8) is 0 Å². The van der Waals surface area contributed by atoms with E-state index in [1.807, 2.05) is 6.07 Å². The van der Waals surface area contributed by atoms with Gasteiger partial charge in [0.25, 0.3) is 0 Å². The Bertz CT molecular complexity index is 624. The maximum Gasteiger partial charge on any atom is 0.128 e. The summed E-state index contributed by atoms with van der Waals surface area (Å²) >= 11 is 0. The summed E-state index contributed by atoms with van der Waals surface area (Å²) in [5.41, 5.74) is 4.85. The fourth-order valence-electron chi connectivity index (χ4n) is 2.82. The van der Waals surface area contributed by atoms with Gasteiger partial charge in [-0.1, -0.05) is 30.3 Å². The second kappa shape index (κ2) is 5.64. The SMILES string of the molecule is Cc1nc(NCc2ccccc2)cc2c1N(C)CCN2C. The molecular formula is C17H22N4. The van der Waals surface area contributed by atoms with E-state index < -0.39 is 0 Å². The van der Waals surface area contributed by atoms with Crippen LogP contribution in [0.25, 0.3) is 0 Å². The first-order valence-electron chi connectivity index (χ1n) is 7.37. The molecule has 2 aromatic rings. The zero-order chi connectivity index (χ0) is 14.8. The van der Waals surface area contributed by atoms with Gasteiger partial charge in [-0.2, -0.15) is 0 Å². The van der Waals surface area contributed by atoms with Crippen LogP contribution in [0.15, 0.2) is 36.4 Å². The molecule has 2 heterocycles. The first-order chi connectivity index (χ1) is 10.1. The first kappa shape index (κ1) is 13.7. The Hall–Kier alpha value is -2.23. The molecule has 0 fully saturated rings. The summed E-state index contributed by atoms with van der Waals surface area (Å²) in [5, 5.41) is 3.43. The number of aryl methyl sites for hydroxylation is 1. The summed E-state index contributed by atoms with van der Waals surface area (Å²) in [6, 6.07) is 12.6. The van der Waals surface area contributed by atoms with Crippen molar-refractivity contribution < 1.29 is 0 Å². The van der Waals surface area contributed by atoms with E-state index in [0.29, 0.717) is 0 Å². The minimum Gasteiger partial charge on any atom is -0.371 e. The second-order valence-corrected chi connectivity index (χ2v) is 5.64. The van der Waals surface area contributed by atoms with Crippen LogP contribution in [0.5, 0.6) is 0 Å². The number of benzene rings is 1. The molecule has 1 N–H and O–H groups in total. The summed E-state index contributed by atoms with van der Waals surface area (Å²) in [5.74, 6) is 0.942. The van der Waals surface area contributed by atoms with Crippen LogP contribution >= 0.6 is 0 Å². The predicted octanol–water partition coefficient (Wildman–Crippen LogP) is 2.89. The third kappa shape index (κ3) is 2.79. The molecule has 1 aliphatic heterocycles. The highest BCUT2D eigenvalue weighted by Crippen LogP contribution is 2.35. The van der Waals surface area contributed by atoms with E-state index in [0.717, 1.165) is 31.1 Å². The fourth-order valence-corrected chi connectivity index (χ4v) is 2.82. The highest BCUT2D eigenvalue weighted by molar-refractivity contribution is 5.77. The van der Waals surface area contributed by atoms with E-state index >= 15 is 0 Å². The molecule has 3 rings (SSSR count). The standard InChI is InChI=1S/C17H22N4/c1-13-17-15(20(2)9-10-21(17)3)11-16(19-13)18-12-14-7-5-4-6-8-14/h4-8,11H,9-10,12H2,1-3H3,(H,18,19). The summed E-state index contributed by atoms with van der Waals surface area (Å²) in [7, 11) is 4.28. The number of aromatic nitrogens is 1. The van der Waals surface area contributed by atoms with Gasteiger partial charge in [0.05, 0.1) is 17.1 Å². The van der Waals surface area contributed by atoms with Gasteiger partial charge >= 0.3 is 0 Å². The molecule has 4 heteroatoms. The van der Waals surface area contributed by atoms with Gasteiger partial charge in [-0.3, -0.25) is 0 Å². The quantitative estimate of drug-likeness (QED) is 0.938. The highest BCUT2D eigenvalue weighted by Gasteiger charge is 2.21. The minimum absolute atomic E-state index is 0.797. The van der Waals surface area contributed by atoms with Gasteiger partial charge < -0.3 is 15.1 Å². The highest BCUT2D eigenvalue weighted by atomic mass is 15.2. The normalized spacial score (nSPS) is 14.0. The average molecular weight is 282 g/mol. The molecule has 110 valence electrons. The second-order valence-electron chi connectivity index (χ2n) is 5.64. The van der Waals surface area contributed by atoms with Crippen molar-refractivity contribution in [2.45, 2.75) is 13.5 Å². The van der Waals surface area contributed by atoms with Gasteiger partial charge in [-0.05, 0) is 12.5 Å². The third-order valence-corrected chi connectivity index (χ3v) is 4.03. The third-order valence-electron chi connectivity index (χ3n) is 4.03. The molecule has 0 saturated carbocycles. The van der Waals surface area contributed by atoms with Crippen LogP contribution in [0.4, 0.5) is 17.2 Å². The van der Waals surface area contributed by atoms with Crippen LogP contribution in [0.2, 0.25) is 0 Å². The van der Waals surface area contributed by atoms with Gasteiger partial charge in [0.15, 0.2) is 0 Å². The number of hydrogen-bond donors (Lipinski definition) is 1. The maximum atomic E-state index is 4.71. The van der Waals surface area contributed by atoms with E-state index in [1.54, 1.807) is 0 Å². The molecule has 0 amide bonds. The lowest BCUT2D eigenvalue weighted by Gasteiger charge is -2.35. The van der Waals surface area contributed by atoms with Crippen LogP contribution in [0.1, 0.15) is 11.3 Å². The molecule has 4 nitrogen and oxygen atoms in total.